The van der Waals surface area contributed by atoms with Gasteiger partial charge in [-0.15, -0.1) is 5.43 Å². The Labute approximate surface area is 164 Å². The number of rotatable bonds is 12. The van der Waals surface area contributed by atoms with Crippen molar-refractivity contribution in [1.29, 1.82) is 0 Å². The zero-order chi connectivity index (χ0) is 20.9. The highest BCUT2D eigenvalue weighted by atomic mass is 16.7. The number of ether oxygens (including phenoxy) is 1. The summed E-state index contributed by atoms with van der Waals surface area (Å²) in [4.78, 5) is 42.4. The third kappa shape index (κ3) is 9.35. The number of esters is 1. The molecule has 1 saturated heterocycles. The van der Waals surface area contributed by atoms with E-state index in [1.807, 2.05) is 0 Å². The fourth-order valence-electron chi connectivity index (χ4n) is 2.97. The number of hydrogen-bond acceptors (Lipinski definition) is 7. The molecule has 0 unspecified atom stereocenters. The predicted molar refractivity (Wildman–Crippen MR) is 103 cm³/mol. The van der Waals surface area contributed by atoms with Crippen LogP contribution >= 0.6 is 0 Å². The molecule has 12 nitrogen and oxygen atoms in total. The van der Waals surface area contributed by atoms with Crippen LogP contribution in [-0.4, -0.2) is 84.6 Å². The zero-order valence-electron chi connectivity index (χ0n) is 16.3. The van der Waals surface area contributed by atoms with Crippen LogP contribution < -0.4 is 16.9 Å². The summed E-state index contributed by atoms with van der Waals surface area (Å²) in [5.41, 5.74) is 12.6. The molecule has 1 fully saturated rings. The van der Waals surface area contributed by atoms with E-state index in [-0.39, 0.29) is 24.3 Å². The first-order valence-corrected chi connectivity index (χ1v) is 9.46. The van der Waals surface area contributed by atoms with Crippen LogP contribution in [-0.2, 0) is 14.3 Å². The minimum atomic E-state index is -0.917. The van der Waals surface area contributed by atoms with E-state index in [1.165, 1.54) is 0 Å². The first kappa shape index (κ1) is 23.4. The molecule has 0 bridgehead atoms. The van der Waals surface area contributed by atoms with Gasteiger partial charge in [0.15, 0.2) is 17.0 Å². The van der Waals surface area contributed by atoms with Gasteiger partial charge in [0.1, 0.15) is 0 Å². The highest BCUT2D eigenvalue weighted by molar-refractivity contribution is 5.81. The van der Waals surface area contributed by atoms with Crippen LogP contribution in [0, 0.1) is 10.1 Å². The van der Waals surface area contributed by atoms with Crippen LogP contribution in [0.2, 0.25) is 0 Å². The number of hydrazine groups is 1. The van der Waals surface area contributed by atoms with Crippen molar-refractivity contribution in [1.82, 2.24) is 15.2 Å². The van der Waals surface area contributed by atoms with Gasteiger partial charge in [-0.2, -0.15) is 0 Å². The van der Waals surface area contributed by atoms with Crippen LogP contribution in [0.1, 0.15) is 32.6 Å². The monoisotopic (exact) mass is 401 g/mol. The summed E-state index contributed by atoms with van der Waals surface area (Å²) in [7, 11) is 0. The van der Waals surface area contributed by atoms with Crippen molar-refractivity contribution in [3.8, 4) is 0 Å². The van der Waals surface area contributed by atoms with Crippen LogP contribution in [0.5, 0.6) is 0 Å². The van der Waals surface area contributed by atoms with E-state index in [0.29, 0.717) is 58.6 Å². The molecule has 1 heterocycles. The molecule has 0 aromatic heterocycles. The van der Waals surface area contributed by atoms with Crippen LogP contribution in [0.25, 0.3) is 0 Å². The van der Waals surface area contributed by atoms with Crippen molar-refractivity contribution < 1.29 is 19.4 Å². The van der Waals surface area contributed by atoms with Crippen molar-refractivity contribution in [2.24, 2.45) is 16.5 Å². The summed E-state index contributed by atoms with van der Waals surface area (Å²) in [5, 5.41) is 10.1. The number of piperazine rings is 1. The van der Waals surface area contributed by atoms with Crippen molar-refractivity contribution in [3.05, 3.63) is 10.1 Å². The van der Waals surface area contributed by atoms with Crippen molar-refractivity contribution in [2.75, 3.05) is 45.9 Å². The molecule has 0 saturated carbocycles. The number of amides is 1. The van der Waals surface area contributed by atoms with Gasteiger partial charge < -0.3 is 21.1 Å². The van der Waals surface area contributed by atoms with Crippen molar-refractivity contribution >= 4 is 17.8 Å². The lowest BCUT2D eigenvalue weighted by Gasteiger charge is -2.35. The van der Waals surface area contributed by atoms with Gasteiger partial charge in [-0.1, -0.05) is 0 Å². The molecule has 1 amide bonds. The quantitative estimate of drug-likeness (QED) is 0.0896. The summed E-state index contributed by atoms with van der Waals surface area (Å²) >= 11 is 0. The minimum Gasteiger partial charge on any atom is -0.466 e. The highest BCUT2D eigenvalue weighted by Crippen LogP contribution is 2.09. The molecule has 160 valence electrons. The smallest absolute Gasteiger partial charge is 0.305 e. The summed E-state index contributed by atoms with van der Waals surface area (Å²) in [6.45, 7) is 5.50. The minimum absolute atomic E-state index is 0.0517. The van der Waals surface area contributed by atoms with Gasteiger partial charge >= 0.3 is 5.97 Å². The first-order chi connectivity index (χ1) is 13.3. The molecule has 0 aliphatic carbocycles. The molecular weight excluding hydrogens is 370 g/mol. The molecule has 0 aromatic rings. The Morgan fingerprint density at radius 1 is 1.25 bits per heavy atom. The molecule has 1 atom stereocenters. The van der Waals surface area contributed by atoms with Gasteiger partial charge in [-0.25, -0.2) is 10.1 Å². The van der Waals surface area contributed by atoms with Gasteiger partial charge in [-0.3, -0.25) is 19.5 Å². The third-order valence-electron chi connectivity index (χ3n) is 4.35. The summed E-state index contributed by atoms with van der Waals surface area (Å²) in [6, 6.07) is -0.917. The fourth-order valence-corrected chi connectivity index (χ4v) is 2.97. The molecule has 5 N–H and O–H groups in total. The van der Waals surface area contributed by atoms with E-state index in [9.17, 15) is 19.7 Å². The number of carbonyl (C=O) groups is 2. The number of guanidine groups is 1. The number of carbonyl (C=O) groups excluding carboxylic acids is 2. The van der Waals surface area contributed by atoms with E-state index in [0.717, 1.165) is 6.54 Å². The Bertz CT molecular complexity index is 546. The summed E-state index contributed by atoms with van der Waals surface area (Å²) < 4.78 is 4.90. The standard InChI is InChI=1S/C16H31N7O5/c1-2-28-14(24)6-4-8-21-9-11-22(12-10-21)15(25)13(20-23(26)27)5-3-7-19-16(17)18/h13,20H,2-12H2,1H3,(H4,17,18,19)/t13-/m0/s1. The fraction of sp³-hybridized carbons (Fsp3) is 0.812. The van der Waals surface area contributed by atoms with Gasteiger partial charge in [0, 0.05) is 39.1 Å². The molecule has 0 radical (unpaired) electrons. The molecule has 1 aliphatic rings. The Hall–Kier alpha value is -2.63. The number of nitrogens with zero attached hydrogens (tertiary/aromatic N) is 4. The molecule has 0 aromatic carbocycles. The maximum atomic E-state index is 12.6. The van der Waals surface area contributed by atoms with Gasteiger partial charge in [0.2, 0.25) is 0 Å². The van der Waals surface area contributed by atoms with Gasteiger partial charge in [-0.05, 0) is 32.7 Å². The van der Waals surface area contributed by atoms with Crippen LogP contribution in [0.4, 0.5) is 0 Å². The summed E-state index contributed by atoms with van der Waals surface area (Å²) in [6.07, 6.45) is 1.78. The predicted octanol–water partition coefficient (Wildman–Crippen LogP) is -1.32. The average molecular weight is 401 g/mol. The van der Waals surface area contributed by atoms with Crippen molar-refractivity contribution in [3.63, 3.8) is 0 Å². The molecule has 0 spiro atoms. The molecule has 12 heteroatoms. The summed E-state index contributed by atoms with van der Waals surface area (Å²) in [5.74, 6) is -0.553. The number of nitrogens with two attached hydrogens (primary N) is 2. The Morgan fingerprint density at radius 2 is 1.93 bits per heavy atom. The van der Waals surface area contributed by atoms with E-state index >= 15 is 0 Å². The van der Waals surface area contributed by atoms with E-state index in [1.54, 1.807) is 11.8 Å². The van der Waals surface area contributed by atoms with Crippen LogP contribution in [0.15, 0.2) is 4.99 Å². The first-order valence-electron chi connectivity index (χ1n) is 9.46. The lowest BCUT2D eigenvalue weighted by molar-refractivity contribution is -0.548. The Kier molecular flexibility index (Phi) is 10.6. The van der Waals surface area contributed by atoms with Gasteiger partial charge in [0.05, 0.1) is 6.61 Å². The molecule has 1 rings (SSSR count). The van der Waals surface area contributed by atoms with E-state index in [2.05, 4.69) is 15.3 Å². The van der Waals surface area contributed by atoms with Crippen LogP contribution in [0.3, 0.4) is 0 Å². The third-order valence-corrected chi connectivity index (χ3v) is 4.35. The molecule has 1 aliphatic heterocycles. The molecular formula is C16H31N7O5. The SMILES string of the molecule is CCOC(=O)CCCN1CCN(C(=O)[C@H](CCCN=C(N)N)N[N+](=O)[O-])CC1. The zero-order valence-corrected chi connectivity index (χ0v) is 16.3. The second-order valence-electron chi connectivity index (χ2n) is 6.46. The second-order valence-corrected chi connectivity index (χ2v) is 6.46. The molecule has 28 heavy (non-hydrogen) atoms. The second kappa shape index (κ2) is 12.7. The number of aliphatic imine (C=N–C) groups is 1. The maximum Gasteiger partial charge on any atom is 0.305 e. The Morgan fingerprint density at radius 3 is 2.50 bits per heavy atom. The average Bonchev–Trinajstić information content (AvgIpc) is 2.64. The number of nitro groups is 1. The maximum absolute atomic E-state index is 12.6. The van der Waals surface area contributed by atoms with E-state index < -0.39 is 11.1 Å². The van der Waals surface area contributed by atoms with Crippen molar-refractivity contribution in [2.45, 2.75) is 38.6 Å². The largest absolute Gasteiger partial charge is 0.466 e. The lowest BCUT2D eigenvalue weighted by atomic mass is 10.1. The van der Waals surface area contributed by atoms with Gasteiger partial charge in [0.25, 0.3) is 5.91 Å². The Balaban J connectivity index is 2.41. The normalized spacial score (nSPS) is 15.5. The highest BCUT2D eigenvalue weighted by Gasteiger charge is 2.29. The topological polar surface area (TPSA) is 169 Å². The number of hydrogen-bond donors (Lipinski definition) is 3. The lowest BCUT2D eigenvalue weighted by Crippen LogP contribution is -2.55. The van der Waals surface area contributed by atoms with E-state index in [4.69, 9.17) is 16.2 Å². The number of nitrogens with one attached hydrogen (secondary N) is 1.